The van der Waals surface area contributed by atoms with E-state index in [1.165, 1.54) is 5.56 Å². The van der Waals surface area contributed by atoms with Crippen molar-refractivity contribution in [1.82, 2.24) is 14.8 Å². The van der Waals surface area contributed by atoms with Crippen LogP contribution in [-0.4, -0.2) is 46.9 Å². The van der Waals surface area contributed by atoms with Crippen LogP contribution >= 0.6 is 11.3 Å². The lowest BCUT2D eigenvalue weighted by Gasteiger charge is -2.34. The fourth-order valence-corrected chi connectivity index (χ4v) is 3.17. The average molecular weight is 301 g/mol. The molecular weight excluding hydrogens is 282 g/mol. The second-order valence-electron chi connectivity index (χ2n) is 5.29. The minimum Gasteiger partial charge on any atom is -0.340 e. The topological polar surface area (TPSA) is 36.4 Å². The number of nitrogens with zero attached hydrogens (tertiary/aromatic N) is 3. The largest absolute Gasteiger partial charge is 0.340 e. The van der Waals surface area contributed by atoms with Gasteiger partial charge >= 0.3 is 0 Å². The van der Waals surface area contributed by atoms with E-state index in [0.717, 1.165) is 37.6 Å². The number of hydrogen-bond acceptors (Lipinski definition) is 4. The van der Waals surface area contributed by atoms with Crippen LogP contribution in [0.5, 0.6) is 0 Å². The number of carbonyl (C=O) groups excluding carboxylic acids is 1. The predicted octanol–water partition coefficient (Wildman–Crippen LogP) is 2.03. The summed E-state index contributed by atoms with van der Waals surface area (Å²) in [4.78, 5) is 21.7. The van der Waals surface area contributed by atoms with Crippen LogP contribution in [0.1, 0.15) is 10.4 Å². The number of hydrogen-bond donors (Lipinski definition) is 0. The molecule has 1 amide bonds. The van der Waals surface area contributed by atoms with E-state index in [0.29, 0.717) is 6.42 Å². The molecule has 1 aromatic carbocycles. The normalized spacial score (nSPS) is 16.1. The van der Waals surface area contributed by atoms with Crippen molar-refractivity contribution < 1.29 is 4.79 Å². The summed E-state index contributed by atoms with van der Waals surface area (Å²) in [6, 6.07) is 10.5. The van der Waals surface area contributed by atoms with Gasteiger partial charge in [0.05, 0.1) is 11.9 Å². The van der Waals surface area contributed by atoms with Crippen molar-refractivity contribution in [2.45, 2.75) is 13.0 Å². The monoisotopic (exact) mass is 301 g/mol. The molecule has 0 atom stereocenters. The molecule has 0 saturated carbocycles. The summed E-state index contributed by atoms with van der Waals surface area (Å²) in [5, 5.41) is 0. The number of rotatable bonds is 4. The summed E-state index contributed by atoms with van der Waals surface area (Å²) in [6.07, 6.45) is 2.28. The van der Waals surface area contributed by atoms with Gasteiger partial charge in [-0.3, -0.25) is 14.7 Å². The first kappa shape index (κ1) is 14.2. The highest BCUT2D eigenvalue weighted by atomic mass is 32.1. The number of amides is 1. The Morgan fingerprint density at radius 3 is 2.57 bits per heavy atom. The Hall–Kier alpha value is -1.72. The quantitative estimate of drug-likeness (QED) is 0.867. The third-order valence-electron chi connectivity index (χ3n) is 3.78. The molecule has 110 valence electrons. The molecule has 3 rings (SSSR count). The van der Waals surface area contributed by atoms with E-state index in [-0.39, 0.29) is 5.91 Å². The predicted molar refractivity (Wildman–Crippen MR) is 84.1 cm³/mol. The van der Waals surface area contributed by atoms with Gasteiger partial charge in [-0.05, 0) is 5.56 Å². The van der Waals surface area contributed by atoms with Crippen molar-refractivity contribution >= 4 is 17.2 Å². The van der Waals surface area contributed by atoms with Crippen molar-refractivity contribution in [3.8, 4) is 0 Å². The lowest BCUT2D eigenvalue weighted by molar-refractivity contribution is -0.132. The highest BCUT2D eigenvalue weighted by Crippen LogP contribution is 2.12. The first-order chi connectivity index (χ1) is 10.3. The van der Waals surface area contributed by atoms with Crippen molar-refractivity contribution in [3.63, 3.8) is 0 Å². The Morgan fingerprint density at radius 2 is 1.90 bits per heavy atom. The van der Waals surface area contributed by atoms with Crippen LogP contribution in [0.3, 0.4) is 0 Å². The third-order valence-corrected chi connectivity index (χ3v) is 4.56. The van der Waals surface area contributed by atoms with Crippen LogP contribution in [0.15, 0.2) is 42.0 Å². The molecule has 2 heterocycles. The van der Waals surface area contributed by atoms with Crippen LogP contribution in [0.25, 0.3) is 0 Å². The molecule has 1 saturated heterocycles. The maximum Gasteiger partial charge on any atom is 0.227 e. The van der Waals surface area contributed by atoms with E-state index >= 15 is 0 Å². The van der Waals surface area contributed by atoms with Crippen molar-refractivity contribution in [3.05, 3.63) is 52.5 Å². The lowest BCUT2D eigenvalue weighted by atomic mass is 10.2. The summed E-state index contributed by atoms with van der Waals surface area (Å²) in [7, 11) is 0. The number of piperazine rings is 1. The molecule has 0 bridgehead atoms. The van der Waals surface area contributed by atoms with Gasteiger partial charge in [-0.1, -0.05) is 30.3 Å². The second-order valence-corrected chi connectivity index (χ2v) is 6.26. The van der Waals surface area contributed by atoms with E-state index in [1.807, 2.05) is 11.0 Å². The SMILES string of the molecule is O=C(Cc1cncs1)N1CCN(Cc2ccccc2)CC1. The van der Waals surface area contributed by atoms with Crippen LogP contribution in [0.2, 0.25) is 0 Å². The van der Waals surface area contributed by atoms with Gasteiger partial charge in [0.25, 0.3) is 0 Å². The molecule has 21 heavy (non-hydrogen) atoms. The number of thiazole rings is 1. The van der Waals surface area contributed by atoms with Crippen LogP contribution in [0, 0.1) is 0 Å². The smallest absolute Gasteiger partial charge is 0.227 e. The molecule has 1 fully saturated rings. The van der Waals surface area contributed by atoms with Crippen LogP contribution in [-0.2, 0) is 17.8 Å². The van der Waals surface area contributed by atoms with E-state index in [9.17, 15) is 4.79 Å². The zero-order valence-corrected chi connectivity index (χ0v) is 12.8. The van der Waals surface area contributed by atoms with E-state index < -0.39 is 0 Å². The second kappa shape index (κ2) is 6.83. The average Bonchev–Trinajstić information content (AvgIpc) is 3.02. The molecule has 1 aromatic heterocycles. The minimum absolute atomic E-state index is 0.221. The number of carbonyl (C=O) groups is 1. The summed E-state index contributed by atoms with van der Waals surface area (Å²) >= 11 is 1.55. The van der Waals surface area contributed by atoms with Gasteiger partial charge in [0.2, 0.25) is 5.91 Å². The fraction of sp³-hybridized carbons (Fsp3) is 0.375. The van der Waals surface area contributed by atoms with Crippen molar-refractivity contribution in [2.24, 2.45) is 0 Å². The molecular formula is C16H19N3OS. The molecule has 0 N–H and O–H groups in total. The molecule has 5 heteroatoms. The Morgan fingerprint density at radius 1 is 1.14 bits per heavy atom. The molecule has 1 aliphatic rings. The Kier molecular flexibility index (Phi) is 4.62. The van der Waals surface area contributed by atoms with Gasteiger partial charge in [-0.15, -0.1) is 11.3 Å². The molecule has 0 spiro atoms. The maximum atomic E-state index is 12.2. The van der Waals surface area contributed by atoms with E-state index in [1.54, 1.807) is 23.0 Å². The molecule has 1 aliphatic heterocycles. The van der Waals surface area contributed by atoms with Gasteiger partial charge in [0, 0.05) is 43.8 Å². The van der Waals surface area contributed by atoms with Gasteiger partial charge in [0.15, 0.2) is 0 Å². The lowest BCUT2D eigenvalue weighted by Crippen LogP contribution is -2.48. The highest BCUT2D eigenvalue weighted by molar-refractivity contribution is 7.09. The molecule has 0 radical (unpaired) electrons. The number of aromatic nitrogens is 1. The number of benzene rings is 1. The zero-order valence-electron chi connectivity index (χ0n) is 11.9. The van der Waals surface area contributed by atoms with E-state index in [4.69, 9.17) is 0 Å². The fourth-order valence-electron chi connectivity index (χ4n) is 2.59. The van der Waals surface area contributed by atoms with E-state index in [2.05, 4.69) is 34.1 Å². The Bertz CT molecular complexity index is 562. The van der Waals surface area contributed by atoms with Gasteiger partial charge in [-0.25, -0.2) is 0 Å². The molecule has 0 unspecified atom stereocenters. The molecule has 2 aromatic rings. The van der Waals surface area contributed by atoms with Crippen molar-refractivity contribution in [1.29, 1.82) is 0 Å². The summed E-state index contributed by atoms with van der Waals surface area (Å²) < 4.78 is 0. The maximum absolute atomic E-state index is 12.2. The highest BCUT2D eigenvalue weighted by Gasteiger charge is 2.21. The van der Waals surface area contributed by atoms with Gasteiger partial charge in [0.1, 0.15) is 0 Å². The van der Waals surface area contributed by atoms with Crippen molar-refractivity contribution in [2.75, 3.05) is 26.2 Å². The van der Waals surface area contributed by atoms with Gasteiger partial charge in [-0.2, -0.15) is 0 Å². The summed E-state index contributed by atoms with van der Waals surface area (Å²) in [5.41, 5.74) is 3.11. The molecule has 4 nitrogen and oxygen atoms in total. The first-order valence-corrected chi connectivity index (χ1v) is 8.10. The van der Waals surface area contributed by atoms with Crippen LogP contribution in [0.4, 0.5) is 0 Å². The van der Waals surface area contributed by atoms with Gasteiger partial charge < -0.3 is 4.90 Å². The Labute approximate surface area is 129 Å². The molecule has 0 aliphatic carbocycles. The summed E-state index contributed by atoms with van der Waals surface area (Å²) in [6.45, 7) is 4.51. The zero-order chi connectivity index (χ0) is 14.5. The summed E-state index contributed by atoms with van der Waals surface area (Å²) in [5.74, 6) is 0.221. The third kappa shape index (κ3) is 3.89. The first-order valence-electron chi connectivity index (χ1n) is 7.23. The standard InChI is InChI=1S/C16H19N3OS/c20-16(10-15-11-17-13-21-15)19-8-6-18(7-9-19)12-14-4-2-1-3-5-14/h1-5,11,13H,6-10,12H2. The Balaban J connectivity index is 1.47. The minimum atomic E-state index is 0.221. The van der Waals surface area contributed by atoms with Crippen LogP contribution < -0.4 is 0 Å².